The molecule has 0 fully saturated rings. The molecule has 0 saturated carbocycles. The van der Waals surface area contributed by atoms with Crippen LogP contribution in [-0.2, 0) is 0 Å². The van der Waals surface area contributed by atoms with Gasteiger partial charge in [-0.15, -0.1) is 0 Å². The molecule has 0 aliphatic carbocycles. The maximum Gasteiger partial charge on any atom is 0.133 e. The van der Waals surface area contributed by atoms with Crippen LogP contribution in [-0.4, -0.2) is 15.3 Å². The number of benzene rings is 4. The van der Waals surface area contributed by atoms with Crippen LogP contribution >= 0.6 is 0 Å². The van der Waals surface area contributed by atoms with Crippen LogP contribution in [0.1, 0.15) is 33.4 Å². The van der Waals surface area contributed by atoms with Crippen molar-refractivity contribution in [1.82, 2.24) is 0 Å². The molecule has 0 aliphatic heterocycles. The van der Waals surface area contributed by atoms with E-state index in [1.807, 2.05) is 82.8 Å². The summed E-state index contributed by atoms with van der Waals surface area (Å²) in [6.07, 6.45) is 0. The van der Waals surface area contributed by atoms with Crippen molar-refractivity contribution in [2.24, 2.45) is 0 Å². The van der Waals surface area contributed by atoms with Gasteiger partial charge in [-0.3, -0.25) is 0 Å². The van der Waals surface area contributed by atoms with Crippen molar-refractivity contribution in [1.29, 1.82) is 0 Å². The van der Waals surface area contributed by atoms with E-state index in [1.165, 1.54) is 0 Å². The lowest BCUT2D eigenvalue weighted by atomic mass is 10.0. The fourth-order valence-corrected chi connectivity index (χ4v) is 4.38. The van der Waals surface area contributed by atoms with Gasteiger partial charge in [0.1, 0.15) is 28.7 Å². The number of anilines is 3. The average Bonchev–Trinajstić information content (AvgIpc) is 2.78. The van der Waals surface area contributed by atoms with E-state index in [1.54, 1.807) is 24.3 Å². The van der Waals surface area contributed by atoms with Gasteiger partial charge in [0, 0.05) is 16.8 Å². The van der Waals surface area contributed by atoms with E-state index in [-0.39, 0.29) is 17.2 Å². The summed E-state index contributed by atoms with van der Waals surface area (Å²) in [6, 6.07) is 18.6. The average molecular weight is 470 g/mol. The van der Waals surface area contributed by atoms with Crippen LogP contribution in [0.5, 0.6) is 28.7 Å². The highest BCUT2D eigenvalue weighted by atomic mass is 16.5. The summed E-state index contributed by atoms with van der Waals surface area (Å²) in [5, 5.41) is 31.0. The Morgan fingerprint density at radius 1 is 0.600 bits per heavy atom. The van der Waals surface area contributed by atoms with Gasteiger partial charge >= 0.3 is 0 Å². The fourth-order valence-electron chi connectivity index (χ4n) is 4.38. The van der Waals surface area contributed by atoms with Gasteiger partial charge in [-0.25, -0.2) is 0 Å². The second kappa shape index (κ2) is 9.26. The number of hydrogen-bond acceptors (Lipinski definition) is 5. The molecule has 4 aromatic rings. The lowest BCUT2D eigenvalue weighted by Gasteiger charge is -2.30. The Bertz CT molecular complexity index is 1330. The molecule has 3 N–H and O–H groups in total. The maximum absolute atomic E-state index is 10.6. The first kappa shape index (κ1) is 24.0. The molecular weight excluding hydrogens is 438 g/mol. The van der Waals surface area contributed by atoms with Gasteiger partial charge in [-0.2, -0.15) is 0 Å². The third-order valence-corrected chi connectivity index (χ3v) is 6.24. The molecular formula is C30H31NO4. The van der Waals surface area contributed by atoms with Crippen LogP contribution in [0.15, 0.2) is 60.7 Å². The molecule has 0 atom stereocenters. The topological polar surface area (TPSA) is 73.2 Å². The summed E-state index contributed by atoms with van der Waals surface area (Å²) in [7, 11) is 0. The molecule has 4 rings (SSSR count). The minimum Gasteiger partial charge on any atom is -0.508 e. The van der Waals surface area contributed by atoms with Crippen molar-refractivity contribution in [3.05, 3.63) is 94.0 Å². The van der Waals surface area contributed by atoms with Crippen molar-refractivity contribution in [2.75, 3.05) is 4.90 Å². The van der Waals surface area contributed by atoms with Crippen molar-refractivity contribution >= 4 is 17.1 Å². The van der Waals surface area contributed by atoms with Gasteiger partial charge in [0.25, 0.3) is 0 Å². The predicted molar refractivity (Wildman–Crippen MR) is 141 cm³/mol. The second-order valence-electron chi connectivity index (χ2n) is 9.20. The van der Waals surface area contributed by atoms with Crippen molar-refractivity contribution in [3.63, 3.8) is 0 Å². The molecule has 0 amide bonds. The number of nitrogens with zero attached hydrogens (tertiary/aromatic N) is 1. The minimum atomic E-state index is 0.215. The van der Waals surface area contributed by atoms with Crippen molar-refractivity contribution in [2.45, 2.75) is 41.5 Å². The zero-order valence-corrected chi connectivity index (χ0v) is 21.0. The number of hydrogen-bond donors (Lipinski definition) is 3. The van der Waals surface area contributed by atoms with Crippen LogP contribution in [0.4, 0.5) is 17.1 Å². The Kier molecular flexibility index (Phi) is 6.35. The summed E-state index contributed by atoms with van der Waals surface area (Å²) in [5.74, 6) is 2.03. The number of phenols is 3. The SMILES string of the molecule is Cc1cc(O)c(C)c(N(c2ccc(Oc3c(C)cc(O)cc3C)cc2)c2cc(C)cc(O)c2C)c1. The summed E-state index contributed by atoms with van der Waals surface area (Å²) in [5.41, 5.74) is 7.57. The molecule has 35 heavy (non-hydrogen) atoms. The zero-order valence-electron chi connectivity index (χ0n) is 21.0. The number of phenolic OH excluding ortho intramolecular Hbond substituents is 3. The van der Waals surface area contributed by atoms with E-state index in [0.717, 1.165) is 50.4 Å². The molecule has 0 bridgehead atoms. The largest absolute Gasteiger partial charge is 0.508 e. The van der Waals surface area contributed by atoms with Gasteiger partial charge in [-0.1, -0.05) is 0 Å². The van der Waals surface area contributed by atoms with E-state index in [0.29, 0.717) is 11.5 Å². The summed E-state index contributed by atoms with van der Waals surface area (Å²) in [4.78, 5) is 2.05. The van der Waals surface area contributed by atoms with E-state index in [9.17, 15) is 15.3 Å². The number of aryl methyl sites for hydroxylation is 4. The van der Waals surface area contributed by atoms with Crippen LogP contribution in [0.2, 0.25) is 0 Å². The molecule has 0 radical (unpaired) electrons. The van der Waals surface area contributed by atoms with Crippen LogP contribution in [0.3, 0.4) is 0 Å². The Morgan fingerprint density at radius 2 is 1.06 bits per heavy atom. The summed E-state index contributed by atoms with van der Waals surface area (Å²) < 4.78 is 6.16. The molecule has 180 valence electrons. The lowest BCUT2D eigenvalue weighted by Crippen LogP contribution is -2.13. The summed E-state index contributed by atoms with van der Waals surface area (Å²) >= 11 is 0. The molecule has 0 unspecified atom stereocenters. The first-order valence-corrected chi connectivity index (χ1v) is 11.5. The Balaban J connectivity index is 1.83. The number of aromatic hydroxyl groups is 3. The standard InChI is InChI=1S/C30H31NO4/c1-17-11-26(21(5)28(33)13-17)31(27-12-18(2)14-29(34)22(27)6)23-7-9-25(10-8-23)35-30-19(3)15-24(32)16-20(30)4/h7-16,32-34H,1-6H3. The quantitative estimate of drug-likeness (QED) is 0.277. The smallest absolute Gasteiger partial charge is 0.133 e. The highest BCUT2D eigenvalue weighted by Gasteiger charge is 2.21. The van der Waals surface area contributed by atoms with Gasteiger partial charge in [0.15, 0.2) is 0 Å². The number of ether oxygens (including phenoxy) is 1. The molecule has 0 spiro atoms. The summed E-state index contributed by atoms with van der Waals surface area (Å²) in [6.45, 7) is 11.5. The predicted octanol–water partition coefficient (Wildman–Crippen LogP) is 7.92. The Hall–Kier alpha value is -4.12. The highest BCUT2D eigenvalue weighted by Crippen LogP contribution is 2.44. The van der Waals surface area contributed by atoms with Crippen LogP contribution in [0, 0.1) is 41.5 Å². The van der Waals surface area contributed by atoms with E-state index in [4.69, 9.17) is 4.74 Å². The monoisotopic (exact) mass is 469 g/mol. The molecule has 4 aromatic carbocycles. The van der Waals surface area contributed by atoms with Crippen molar-refractivity contribution in [3.8, 4) is 28.7 Å². The van der Waals surface area contributed by atoms with Gasteiger partial charge in [-0.05, 0) is 124 Å². The van der Waals surface area contributed by atoms with Gasteiger partial charge in [0.2, 0.25) is 0 Å². The lowest BCUT2D eigenvalue weighted by molar-refractivity contribution is 0.458. The van der Waals surface area contributed by atoms with Crippen LogP contribution in [0.25, 0.3) is 0 Å². The Labute approximate surface area is 206 Å². The van der Waals surface area contributed by atoms with Crippen LogP contribution < -0.4 is 9.64 Å². The molecule has 0 heterocycles. The maximum atomic E-state index is 10.6. The second-order valence-corrected chi connectivity index (χ2v) is 9.20. The fraction of sp³-hybridized carbons (Fsp3) is 0.200. The van der Waals surface area contributed by atoms with E-state index < -0.39 is 0 Å². The third-order valence-electron chi connectivity index (χ3n) is 6.24. The number of rotatable bonds is 5. The first-order chi connectivity index (χ1) is 16.5. The minimum absolute atomic E-state index is 0.215. The molecule has 0 aromatic heterocycles. The molecule has 5 heteroatoms. The molecule has 5 nitrogen and oxygen atoms in total. The molecule has 0 aliphatic rings. The van der Waals surface area contributed by atoms with Crippen molar-refractivity contribution < 1.29 is 20.1 Å². The first-order valence-electron chi connectivity index (χ1n) is 11.5. The van der Waals surface area contributed by atoms with Gasteiger partial charge < -0.3 is 25.0 Å². The molecule has 0 saturated heterocycles. The zero-order chi connectivity index (χ0) is 25.4. The van der Waals surface area contributed by atoms with E-state index in [2.05, 4.69) is 0 Å². The highest BCUT2D eigenvalue weighted by molar-refractivity contribution is 5.83. The van der Waals surface area contributed by atoms with Gasteiger partial charge in [0.05, 0.1) is 11.4 Å². The Morgan fingerprint density at radius 3 is 1.51 bits per heavy atom. The van der Waals surface area contributed by atoms with E-state index >= 15 is 0 Å². The normalized spacial score (nSPS) is 10.9. The third kappa shape index (κ3) is 4.76.